The average molecular weight is 376 g/mol. The van der Waals surface area contributed by atoms with E-state index in [1.165, 1.54) is 23.1 Å². The number of aliphatic hydroxyl groups is 1. The number of hydrogen-bond acceptors (Lipinski definition) is 3. The summed E-state index contributed by atoms with van der Waals surface area (Å²) < 4.78 is 0. The molecule has 0 aliphatic heterocycles. The molecule has 146 valence electrons. The van der Waals surface area contributed by atoms with Gasteiger partial charge in [-0.3, -0.25) is 9.78 Å². The topological polar surface area (TPSA) is 50.2 Å². The number of aliphatic hydroxyl groups excluding tert-OH is 1. The third-order valence-electron chi connectivity index (χ3n) is 8.36. The quantitative estimate of drug-likeness (QED) is 0.812. The van der Waals surface area contributed by atoms with Gasteiger partial charge in [-0.05, 0) is 66.2 Å². The monoisotopic (exact) mass is 375 g/mol. The summed E-state index contributed by atoms with van der Waals surface area (Å²) in [6, 6.07) is 4.18. The van der Waals surface area contributed by atoms with Gasteiger partial charge >= 0.3 is 0 Å². The van der Waals surface area contributed by atoms with Gasteiger partial charge in [-0.2, -0.15) is 0 Å². The van der Waals surface area contributed by atoms with E-state index < -0.39 is 0 Å². The van der Waals surface area contributed by atoms with Crippen LogP contribution in [0.4, 0.5) is 0 Å². The molecule has 5 rings (SSSR count). The molecule has 0 radical (unpaired) electrons. The van der Waals surface area contributed by atoms with Gasteiger partial charge in [0.1, 0.15) is 0 Å². The molecule has 2 saturated carbocycles. The van der Waals surface area contributed by atoms with E-state index in [2.05, 4.69) is 37.0 Å². The van der Waals surface area contributed by atoms with Crippen molar-refractivity contribution in [3.8, 4) is 0 Å². The van der Waals surface area contributed by atoms with Crippen LogP contribution in [0.1, 0.15) is 51.5 Å². The van der Waals surface area contributed by atoms with Gasteiger partial charge in [0.05, 0.1) is 0 Å². The van der Waals surface area contributed by atoms with Gasteiger partial charge in [0, 0.05) is 36.8 Å². The number of carbonyl (C=O) groups is 1. The standard InChI is InChI=1S/C25H29NO2/c1-24-10-8-22-19(21(24)6-5-20(24)16-4-3-11-26-14-16)12-17(15-27)23-13-18(28)7-9-25(22,23)2/h3-6,11,13-14,17,19,22,27H,7-10,12,15H2,1-2H3. The first-order chi connectivity index (χ1) is 13.5. The summed E-state index contributed by atoms with van der Waals surface area (Å²) in [4.78, 5) is 16.5. The lowest BCUT2D eigenvalue weighted by Gasteiger charge is -2.58. The van der Waals surface area contributed by atoms with Crippen LogP contribution in [-0.2, 0) is 4.79 Å². The van der Waals surface area contributed by atoms with Crippen LogP contribution in [0.3, 0.4) is 0 Å². The lowest BCUT2D eigenvalue weighted by atomic mass is 9.46. The summed E-state index contributed by atoms with van der Waals surface area (Å²) >= 11 is 0. The van der Waals surface area contributed by atoms with Crippen LogP contribution in [-0.4, -0.2) is 22.5 Å². The predicted molar refractivity (Wildman–Crippen MR) is 110 cm³/mol. The minimum absolute atomic E-state index is 0.0451. The Hall–Kier alpha value is -2.00. The molecule has 4 aliphatic carbocycles. The number of allylic oxidation sites excluding steroid dienone is 5. The lowest BCUT2D eigenvalue weighted by molar-refractivity contribution is -0.116. The van der Waals surface area contributed by atoms with Gasteiger partial charge in [0.2, 0.25) is 0 Å². The van der Waals surface area contributed by atoms with E-state index in [4.69, 9.17) is 0 Å². The molecule has 0 aromatic carbocycles. The van der Waals surface area contributed by atoms with Gasteiger partial charge in [0.15, 0.2) is 5.78 Å². The number of carbonyl (C=O) groups excluding carboxylic acids is 1. The smallest absolute Gasteiger partial charge is 0.155 e. The maximum Gasteiger partial charge on any atom is 0.155 e. The number of ketones is 1. The molecule has 1 aromatic rings. The molecule has 1 heterocycles. The Bertz CT molecular complexity index is 912. The summed E-state index contributed by atoms with van der Waals surface area (Å²) in [7, 11) is 0. The van der Waals surface area contributed by atoms with Gasteiger partial charge in [-0.25, -0.2) is 0 Å². The fourth-order valence-corrected chi connectivity index (χ4v) is 6.89. The van der Waals surface area contributed by atoms with Crippen LogP contribution in [0, 0.1) is 28.6 Å². The molecule has 0 amide bonds. The summed E-state index contributed by atoms with van der Waals surface area (Å²) in [5, 5.41) is 10.2. The van der Waals surface area contributed by atoms with E-state index in [0.29, 0.717) is 18.3 Å². The van der Waals surface area contributed by atoms with E-state index in [0.717, 1.165) is 19.3 Å². The predicted octanol–water partition coefficient (Wildman–Crippen LogP) is 4.75. The molecule has 3 heteroatoms. The first kappa shape index (κ1) is 18.1. The summed E-state index contributed by atoms with van der Waals surface area (Å²) in [6.45, 7) is 4.90. The molecular weight excluding hydrogens is 346 g/mol. The van der Waals surface area contributed by atoms with Crippen LogP contribution in [0.2, 0.25) is 0 Å². The van der Waals surface area contributed by atoms with Crippen LogP contribution in [0.25, 0.3) is 5.57 Å². The Morgan fingerprint density at radius 1 is 1.21 bits per heavy atom. The van der Waals surface area contributed by atoms with E-state index in [1.54, 1.807) is 5.57 Å². The van der Waals surface area contributed by atoms with E-state index in [1.807, 2.05) is 24.5 Å². The van der Waals surface area contributed by atoms with E-state index >= 15 is 0 Å². The molecule has 2 fully saturated rings. The van der Waals surface area contributed by atoms with Gasteiger partial charge in [0.25, 0.3) is 0 Å². The van der Waals surface area contributed by atoms with Crippen molar-refractivity contribution in [3.63, 3.8) is 0 Å². The summed E-state index contributed by atoms with van der Waals surface area (Å²) in [6.07, 6.45) is 15.2. The molecule has 0 saturated heterocycles. The first-order valence-corrected chi connectivity index (χ1v) is 10.7. The number of hydrogen-bond donors (Lipinski definition) is 1. The summed E-state index contributed by atoms with van der Waals surface area (Å²) in [5.41, 5.74) is 5.49. The molecule has 3 nitrogen and oxygen atoms in total. The van der Waals surface area contributed by atoms with Crippen molar-refractivity contribution in [2.24, 2.45) is 28.6 Å². The van der Waals surface area contributed by atoms with Crippen LogP contribution >= 0.6 is 0 Å². The van der Waals surface area contributed by atoms with E-state index in [-0.39, 0.29) is 29.1 Å². The highest BCUT2D eigenvalue weighted by Gasteiger charge is 2.56. The zero-order chi connectivity index (χ0) is 19.5. The summed E-state index contributed by atoms with van der Waals surface area (Å²) in [5.74, 6) is 1.40. The second-order valence-corrected chi connectivity index (χ2v) is 9.63. The molecule has 0 spiro atoms. The largest absolute Gasteiger partial charge is 0.396 e. The van der Waals surface area contributed by atoms with Crippen molar-refractivity contribution >= 4 is 11.4 Å². The highest BCUT2D eigenvalue weighted by molar-refractivity contribution is 5.91. The van der Waals surface area contributed by atoms with Gasteiger partial charge in [-0.15, -0.1) is 0 Å². The third kappa shape index (κ3) is 2.38. The van der Waals surface area contributed by atoms with Crippen molar-refractivity contribution in [1.82, 2.24) is 4.98 Å². The average Bonchev–Trinajstić information content (AvgIpc) is 3.06. The molecular formula is C25H29NO2. The van der Waals surface area contributed by atoms with Gasteiger partial charge < -0.3 is 5.11 Å². The van der Waals surface area contributed by atoms with Crippen molar-refractivity contribution in [3.05, 3.63) is 59.5 Å². The second kappa shape index (κ2) is 6.25. The molecule has 1 aromatic heterocycles. The molecule has 5 atom stereocenters. The number of aromatic nitrogens is 1. The zero-order valence-electron chi connectivity index (χ0n) is 16.8. The van der Waals surface area contributed by atoms with Gasteiger partial charge in [-0.1, -0.05) is 43.2 Å². The highest BCUT2D eigenvalue weighted by atomic mass is 16.3. The van der Waals surface area contributed by atoms with E-state index in [9.17, 15) is 9.90 Å². The number of pyridine rings is 1. The fourth-order valence-electron chi connectivity index (χ4n) is 6.89. The van der Waals surface area contributed by atoms with Crippen LogP contribution < -0.4 is 0 Å². The highest BCUT2D eigenvalue weighted by Crippen LogP contribution is 2.66. The third-order valence-corrected chi connectivity index (χ3v) is 8.36. The maximum absolute atomic E-state index is 12.1. The minimum Gasteiger partial charge on any atom is -0.396 e. The van der Waals surface area contributed by atoms with Crippen LogP contribution in [0.5, 0.6) is 0 Å². The van der Waals surface area contributed by atoms with Crippen molar-refractivity contribution in [2.75, 3.05) is 6.61 Å². The minimum atomic E-state index is 0.0451. The Morgan fingerprint density at radius 2 is 2.07 bits per heavy atom. The van der Waals surface area contributed by atoms with Crippen molar-refractivity contribution < 1.29 is 9.90 Å². The fraction of sp³-hybridized carbons (Fsp3) is 0.520. The SMILES string of the molecule is CC12CCC3C(CC(CO)C4=CC(=O)CCC43C)C1=CC=C2c1cccnc1. The number of nitrogens with zero attached hydrogens (tertiary/aromatic N) is 1. The molecule has 4 aliphatic rings. The number of rotatable bonds is 2. The Balaban J connectivity index is 1.53. The zero-order valence-corrected chi connectivity index (χ0v) is 16.8. The molecule has 28 heavy (non-hydrogen) atoms. The Kier molecular flexibility index (Phi) is 4.03. The molecule has 1 N–H and O–H groups in total. The second-order valence-electron chi connectivity index (χ2n) is 9.63. The lowest BCUT2D eigenvalue weighted by Crippen LogP contribution is -2.50. The van der Waals surface area contributed by atoms with Crippen LogP contribution in [0.15, 0.2) is 53.9 Å². The van der Waals surface area contributed by atoms with Crippen molar-refractivity contribution in [1.29, 1.82) is 0 Å². The first-order valence-electron chi connectivity index (χ1n) is 10.7. The maximum atomic E-state index is 12.1. The number of fused-ring (bicyclic) bond motifs is 5. The normalized spacial score (nSPS) is 39.3. The Labute approximate surface area is 167 Å². The Morgan fingerprint density at radius 3 is 2.82 bits per heavy atom. The molecule has 0 bridgehead atoms. The molecule has 5 unspecified atom stereocenters. The van der Waals surface area contributed by atoms with Crippen molar-refractivity contribution in [2.45, 2.75) is 46.0 Å².